The number of rotatable bonds is 5. The van der Waals surface area contributed by atoms with Crippen molar-refractivity contribution < 1.29 is 35.5 Å². The fraction of sp³-hybridized carbons (Fsp3) is 0.333. The molecular formula is C24H22F4N4O4S. The van der Waals surface area contributed by atoms with Gasteiger partial charge >= 0.3 is 6.18 Å². The van der Waals surface area contributed by atoms with Crippen LogP contribution in [0.3, 0.4) is 0 Å². The summed E-state index contributed by atoms with van der Waals surface area (Å²) >= 11 is 0. The maximum Gasteiger partial charge on any atom is 0.417 e. The second-order valence-corrected chi connectivity index (χ2v) is 10.2. The number of morpholine rings is 1. The molecule has 1 N–H and O–H groups in total. The molecule has 1 fully saturated rings. The molecule has 0 atom stereocenters. The minimum Gasteiger partial charge on any atom is -0.493 e. The predicted octanol–water partition coefficient (Wildman–Crippen LogP) is 4.26. The Morgan fingerprint density at radius 3 is 2.43 bits per heavy atom. The SMILES string of the molecule is O=S(=O)(Nc1ccc(C(F)(F)F)c(-c2ncc(F)cn2)c1N1CCOCC1)c1ccc2c(c1)OCCC2. The second-order valence-electron chi connectivity index (χ2n) is 8.53. The first-order valence-corrected chi connectivity index (χ1v) is 13.0. The highest BCUT2D eigenvalue weighted by Crippen LogP contribution is 2.45. The van der Waals surface area contributed by atoms with Gasteiger partial charge in [0, 0.05) is 19.2 Å². The third-order valence-corrected chi connectivity index (χ3v) is 7.46. The van der Waals surface area contributed by atoms with Gasteiger partial charge in [0.05, 0.1) is 59.6 Å². The van der Waals surface area contributed by atoms with E-state index in [0.717, 1.165) is 42.9 Å². The van der Waals surface area contributed by atoms with Gasteiger partial charge in [0.15, 0.2) is 11.6 Å². The van der Waals surface area contributed by atoms with Gasteiger partial charge in [-0.3, -0.25) is 4.72 Å². The van der Waals surface area contributed by atoms with Crippen molar-refractivity contribution in [3.05, 3.63) is 59.7 Å². The van der Waals surface area contributed by atoms with E-state index in [-0.39, 0.29) is 42.6 Å². The molecule has 0 radical (unpaired) electrons. The Morgan fingerprint density at radius 2 is 1.73 bits per heavy atom. The van der Waals surface area contributed by atoms with E-state index < -0.39 is 39.0 Å². The van der Waals surface area contributed by atoms with Crippen molar-refractivity contribution in [1.82, 2.24) is 9.97 Å². The van der Waals surface area contributed by atoms with Gasteiger partial charge in [-0.05, 0) is 36.6 Å². The largest absolute Gasteiger partial charge is 0.493 e. The van der Waals surface area contributed by atoms with Crippen molar-refractivity contribution in [2.24, 2.45) is 0 Å². The van der Waals surface area contributed by atoms with Gasteiger partial charge in [0.1, 0.15) is 5.75 Å². The van der Waals surface area contributed by atoms with Crippen molar-refractivity contribution in [2.45, 2.75) is 23.9 Å². The summed E-state index contributed by atoms with van der Waals surface area (Å²) < 4.78 is 96.1. The summed E-state index contributed by atoms with van der Waals surface area (Å²) in [6.45, 7) is 1.28. The Labute approximate surface area is 210 Å². The molecule has 3 aromatic rings. The number of sulfonamides is 1. The van der Waals surface area contributed by atoms with Gasteiger partial charge in [-0.15, -0.1) is 0 Å². The van der Waals surface area contributed by atoms with Crippen LogP contribution in [-0.2, 0) is 27.4 Å². The fourth-order valence-corrected chi connectivity index (χ4v) is 5.47. The van der Waals surface area contributed by atoms with E-state index >= 15 is 0 Å². The van der Waals surface area contributed by atoms with Crippen LogP contribution in [0.1, 0.15) is 17.5 Å². The number of ether oxygens (including phenoxy) is 2. The number of hydrogen-bond acceptors (Lipinski definition) is 7. The van der Waals surface area contributed by atoms with Crippen LogP contribution in [0.4, 0.5) is 28.9 Å². The molecule has 1 aromatic heterocycles. The van der Waals surface area contributed by atoms with E-state index in [1.807, 2.05) is 0 Å². The van der Waals surface area contributed by atoms with E-state index in [4.69, 9.17) is 9.47 Å². The summed E-state index contributed by atoms with van der Waals surface area (Å²) in [5.74, 6) is -0.759. The smallest absolute Gasteiger partial charge is 0.417 e. The van der Waals surface area contributed by atoms with Crippen molar-refractivity contribution in [2.75, 3.05) is 42.5 Å². The zero-order valence-corrected chi connectivity index (χ0v) is 20.2. The average molecular weight is 539 g/mol. The number of benzene rings is 2. The molecule has 2 aliphatic rings. The third kappa shape index (κ3) is 5.18. The van der Waals surface area contributed by atoms with E-state index in [0.29, 0.717) is 12.4 Å². The fourth-order valence-electron chi connectivity index (χ4n) is 4.38. The van der Waals surface area contributed by atoms with Crippen molar-refractivity contribution >= 4 is 21.4 Å². The van der Waals surface area contributed by atoms with Crippen LogP contribution in [0.5, 0.6) is 5.75 Å². The Bertz CT molecular complexity index is 1410. The summed E-state index contributed by atoms with van der Waals surface area (Å²) in [6, 6.07) is 6.32. The molecule has 0 amide bonds. The first kappa shape index (κ1) is 25.2. The van der Waals surface area contributed by atoms with Crippen LogP contribution >= 0.6 is 0 Å². The van der Waals surface area contributed by atoms with Gasteiger partial charge in [-0.1, -0.05) is 6.07 Å². The van der Waals surface area contributed by atoms with Crippen molar-refractivity contribution in [1.29, 1.82) is 0 Å². The lowest BCUT2D eigenvalue weighted by Gasteiger charge is -2.33. The second kappa shape index (κ2) is 9.78. The highest BCUT2D eigenvalue weighted by atomic mass is 32.2. The number of halogens is 4. The molecule has 0 bridgehead atoms. The Kier molecular flexibility index (Phi) is 6.67. The summed E-state index contributed by atoms with van der Waals surface area (Å²) in [7, 11) is -4.23. The summed E-state index contributed by atoms with van der Waals surface area (Å²) in [5.41, 5.74) is -0.822. The maximum absolute atomic E-state index is 14.1. The first-order valence-electron chi connectivity index (χ1n) is 11.5. The number of anilines is 2. The number of aryl methyl sites for hydroxylation is 1. The zero-order chi connectivity index (χ0) is 26.2. The summed E-state index contributed by atoms with van der Waals surface area (Å²) in [4.78, 5) is 9.05. The molecule has 13 heteroatoms. The quantitative estimate of drug-likeness (QED) is 0.485. The molecule has 2 aliphatic heterocycles. The third-order valence-electron chi connectivity index (χ3n) is 6.10. The lowest BCUT2D eigenvalue weighted by atomic mass is 10.0. The van der Waals surface area contributed by atoms with E-state index in [1.54, 1.807) is 11.0 Å². The topological polar surface area (TPSA) is 93.7 Å². The molecule has 196 valence electrons. The van der Waals surface area contributed by atoms with Crippen LogP contribution < -0.4 is 14.4 Å². The van der Waals surface area contributed by atoms with Crippen molar-refractivity contribution in [3.8, 4) is 17.1 Å². The standard InChI is InChI=1S/C24H22F4N4O4S/c25-16-13-29-23(30-14-16)21-18(24(26,27)28)5-6-19(22(21)32-7-10-35-11-8-32)31-37(33,34)17-4-3-15-2-1-9-36-20(15)12-17/h3-6,12-14,31H,1-2,7-11H2. The molecule has 5 rings (SSSR count). The Balaban J connectivity index is 1.66. The highest BCUT2D eigenvalue weighted by molar-refractivity contribution is 7.92. The maximum atomic E-state index is 14.1. The number of nitrogens with zero attached hydrogens (tertiary/aromatic N) is 3. The average Bonchev–Trinajstić information content (AvgIpc) is 2.88. The first-order chi connectivity index (χ1) is 17.6. The minimum absolute atomic E-state index is 0.0671. The molecule has 37 heavy (non-hydrogen) atoms. The van der Waals surface area contributed by atoms with Crippen LogP contribution in [0, 0.1) is 5.82 Å². The van der Waals surface area contributed by atoms with E-state index in [2.05, 4.69) is 14.7 Å². The van der Waals surface area contributed by atoms with E-state index in [9.17, 15) is 26.0 Å². The molecule has 0 unspecified atom stereocenters. The van der Waals surface area contributed by atoms with Crippen molar-refractivity contribution in [3.63, 3.8) is 0 Å². The normalized spacial score (nSPS) is 16.2. The molecule has 0 aliphatic carbocycles. The van der Waals surface area contributed by atoms with Gasteiger partial charge in [-0.25, -0.2) is 22.8 Å². The Morgan fingerprint density at radius 1 is 1.00 bits per heavy atom. The molecule has 0 spiro atoms. The van der Waals surface area contributed by atoms with Gasteiger partial charge < -0.3 is 14.4 Å². The molecule has 3 heterocycles. The van der Waals surface area contributed by atoms with Crippen LogP contribution in [0.25, 0.3) is 11.4 Å². The zero-order valence-electron chi connectivity index (χ0n) is 19.4. The van der Waals surface area contributed by atoms with Crippen LogP contribution in [-0.4, -0.2) is 51.3 Å². The number of aromatic nitrogens is 2. The number of hydrogen-bond donors (Lipinski definition) is 1. The lowest BCUT2D eigenvalue weighted by molar-refractivity contribution is -0.137. The number of alkyl halides is 3. The molecular weight excluding hydrogens is 516 g/mol. The van der Waals surface area contributed by atoms with Crippen LogP contribution in [0.2, 0.25) is 0 Å². The van der Waals surface area contributed by atoms with Gasteiger partial charge in [0.2, 0.25) is 0 Å². The monoisotopic (exact) mass is 538 g/mol. The Hall–Kier alpha value is -3.45. The lowest BCUT2D eigenvalue weighted by Crippen LogP contribution is -2.37. The highest BCUT2D eigenvalue weighted by Gasteiger charge is 2.38. The number of nitrogens with one attached hydrogen (secondary N) is 1. The summed E-state index contributed by atoms with van der Waals surface area (Å²) in [5, 5.41) is 0. The van der Waals surface area contributed by atoms with Gasteiger partial charge in [-0.2, -0.15) is 13.2 Å². The summed E-state index contributed by atoms with van der Waals surface area (Å²) in [6.07, 6.45) is -1.73. The predicted molar refractivity (Wildman–Crippen MR) is 127 cm³/mol. The minimum atomic E-state index is -4.82. The van der Waals surface area contributed by atoms with Gasteiger partial charge in [0.25, 0.3) is 10.0 Å². The number of fused-ring (bicyclic) bond motifs is 1. The van der Waals surface area contributed by atoms with E-state index in [1.165, 1.54) is 12.1 Å². The molecule has 8 nitrogen and oxygen atoms in total. The van der Waals surface area contributed by atoms with Crippen LogP contribution in [0.15, 0.2) is 47.6 Å². The molecule has 1 saturated heterocycles. The molecule has 0 saturated carbocycles. The molecule has 2 aromatic carbocycles.